The van der Waals surface area contributed by atoms with Gasteiger partial charge in [-0.3, -0.25) is 9.69 Å². The van der Waals surface area contributed by atoms with E-state index in [1.54, 1.807) is 6.26 Å². The number of para-hydroxylation sites is 2. The van der Waals surface area contributed by atoms with Crippen LogP contribution in [0.5, 0.6) is 0 Å². The van der Waals surface area contributed by atoms with E-state index < -0.39 is 23.9 Å². The number of rotatable bonds is 3. The van der Waals surface area contributed by atoms with E-state index in [1.807, 2.05) is 18.2 Å². The van der Waals surface area contributed by atoms with E-state index in [0.717, 1.165) is 53.8 Å². The van der Waals surface area contributed by atoms with Crippen molar-refractivity contribution in [2.45, 2.75) is 75.5 Å². The standard InChI is InChI=1S/C42H46N4O6/c1-21-29-19-46-16-14-26-24-10-6-8-12-32(24)44-38(26)39(46)36(34(29)30(20-51-21)41(47)49-3)40-35(42(48)50-4)27-17-33-37-25(23-9-5-7-11-31(23)43-37)13-15-45(33)18-28(27)22(2)52-40/h5-12,14,16,20-22,25,27-29,33-37,40,43H,13,15,17-19H2,1-4H3. The number of piperidine rings is 2. The maximum atomic E-state index is 14.5. The molecule has 3 fully saturated rings. The maximum absolute atomic E-state index is 14.5. The van der Waals surface area contributed by atoms with Gasteiger partial charge in [0.15, 0.2) is 0 Å². The first-order valence-corrected chi connectivity index (χ1v) is 19.0. The molecule has 10 rings (SSSR count). The van der Waals surface area contributed by atoms with E-state index in [9.17, 15) is 9.59 Å². The summed E-state index contributed by atoms with van der Waals surface area (Å²) in [4.78, 5) is 36.0. The number of fused-ring (bicyclic) bond motifs is 12. The number of carbonyl (C=O) groups excluding carboxylic acids is 2. The number of nitrogens with zero attached hydrogens (tertiary/aromatic N) is 3. The fraction of sp³-hybridized carbons (Fsp3) is 0.500. The van der Waals surface area contributed by atoms with Gasteiger partial charge in [0.2, 0.25) is 0 Å². The number of ether oxygens (including phenoxy) is 4. The van der Waals surface area contributed by atoms with Gasteiger partial charge in [-0.1, -0.05) is 36.4 Å². The molecule has 8 heterocycles. The van der Waals surface area contributed by atoms with E-state index in [4.69, 9.17) is 23.9 Å². The summed E-state index contributed by atoms with van der Waals surface area (Å²) in [6, 6.07) is 19.6. The minimum Gasteiger partial charge on any atom is -0.497 e. The molecule has 0 amide bonds. The normalized spacial score (nSPS) is 36.1. The van der Waals surface area contributed by atoms with Gasteiger partial charge >= 0.3 is 11.9 Å². The van der Waals surface area contributed by atoms with E-state index in [-0.39, 0.29) is 53.9 Å². The molecule has 0 radical (unpaired) electrons. The van der Waals surface area contributed by atoms with Crippen molar-refractivity contribution >= 4 is 28.5 Å². The Balaban J connectivity index is 1.12. The lowest BCUT2D eigenvalue weighted by atomic mass is 9.59. The average Bonchev–Trinajstić information content (AvgIpc) is 3.75. The number of nitrogens with one attached hydrogen (secondary N) is 1. The fourth-order valence-electron chi connectivity index (χ4n) is 11.6. The number of methoxy groups -OCH3 is 2. The molecule has 0 aliphatic carbocycles. The molecular formula is C42H46N4O6. The molecule has 10 nitrogen and oxygen atoms in total. The molecule has 12 unspecified atom stereocenters. The Kier molecular flexibility index (Phi) is 7.48. The summed E-state index contributed by atoms with van der Waals surface area (Å²) in [7, 11) is 2.92. The van der Waals surface area contributed by atoms with Crippen molar-refractivity contribution < 1.29 is 28.5 Å². The third kappa shape index (κ3) is 4.59. The predicted molar refractivity (Wildman–Crippen MR) is 195 cm³/mol. The molecular weight excluding hydrogens is 656 g/mol. The first-order valence-electron chi connectivity index (χ1n) is 19.0. The summed E-state index contributed by atoms with van der Waals surface area (Å²) in [5, 5.41) is 5.00. The lowest BCUT2D eigenvalue weighted by molar-refractivity contribution is -0.201. The molecule has 0 spiro atoms. The van der Waals surface area contributed by atoms with Crippen LogP contribution in [-0.4, -0.2) is 84.1 Å². The quantitative estimate of drug-likeness (QED) is 0.265. The van der Waals surface area contributed by atoms with Crippen LogP contribution in [-0.2, 0) is 35.1 Å². The molecule has 52 heavy (non-hydrogen) atoms. The zero-order chi connectivity index (χ0) is 35.4. The highest BCUT2D eigenvalue weighted by Gasteiger charge is 2.60. The van der Waals surface area contributed by atoms with Crippen molar-refractivity contribution in [3.63, 3.8) is 0 Å². The number of hydrogen-bond acceptors (Lipinski definition) is 9. The van der Waals surface area contributed by atoms with Gasteiger partial charge in [-0.15, -0.1) is 0 Å². The summed E-state index contributed by atoms with van der Waals surface area (Å²) in [5.41, 5.74) is 6.98. The van der Waals surface area contributed by atoms with E-state index in [0.29, 0.717) is 18.0 Å². The molecule has 12 atom stereocenters. The van der Waals surface area contributed by atoms with Crippen molar-refractivity contribution in [2.24, 2.45) is 29.6 Å². The third-order valence-electron chi connectivity index (χ3n) is 13.9. The Morgan fingerprint density at radius 1 is 0.923 bits per heavy atom. The zero-order valence-electron chi connectivity index (χ0n) is 30.1. The van der Waals surface area contributed by atoms with Crippen LogP contribution in [0.25, 0.3) is 22.2 Å². The SMILES string of the molecule is COC(=O)C1=COC(C)C2Cn3ccc4c5ccccc5nc-4c3C(C3OC(C)C4CN5CCC6c7ccccc7NC6C5CC4C3C(=O)OC)C12. The fourth-order valence-corrected chi connectivity index (χ4v) is 11.6. The predicted octanol–water partition coefficient (Wildman–Crippen LogP) is 5.81. The van der Waals surface area contributed by atoms with Crippen molar-refractivity contribution in [2.75, 3.05) is 32.6 Å². The van der Waals surface area contributed by atoms with Crippen LogP contribution in [0.4, 0.5) is 5.69 Å². The number of anilines is 1. The molecule has 0 bridgehead atoms. The molecule has 0 saturated carbocycles. The topological polar surface area (TPSA) is 104 Å². The van der Waals surface area contributed by atoms with Crippen LogP contribution < -0.4 is 5.32 Å². The molecule has 10 heteroatoms. The average molecular weight is 703 g/mol. The second kappa shape index (κ2) is 12.1. The Bertz CT molecular complexity index is 2080. The van der Waals surface area contributed by atoms with Crippen molar-refractivity contribution in [1.29, 1.82) is 0 Å². The Labute approximate surface area is 303 Å². The minimum absolute atomic E-state index is 0.0225. The van der Waals surface area contributed by atoms with Crippen LogP contribution in [0.15, 0.2) is 72.6 Å². The highest BCUT2D eigenvalue weighted by Crippen LogP contribution is 2.57. The summed E-state index contributed by atoms with van der Waals surface area (Å²) in [5.74, 6) is -1.39. The second-order valence-electron chi connectivity index (χ2n) is 16.0. The van der Waals surface area contributed by atoms with Crippen molar-refractivity contribution in [1.82, 2.24) is 14.5 Å². The molecule has 2 aromatic carbocycles. The number of hydrogen-bond donors (Lipinski definition) is 1. The van der Waals surface area contributed by atoms with Gasteiger partial charge in [0.1, 0.15) is 6.10 Å². The molecule has 2 aromatic rings. The van der Waals surface area contributed by atoms with Crippen LogP contribution in [0, 0.1) is 29.6 Å². The van der Waals surface area contributed by atoms with Gasteiger partial charge in [0.05, 0.1) is 61.1 Å². The lowest BCUT2D eigenvalue weighted by Gasteiger charge is -2.58. The Hall–Kier alpha value is -4.41. The smallest absolute Gasteiger partial charge is 0.337 e. The summed E-state index contributed by atoms with van der Waals surface area (Å²) < 4.78 is 26.9. The summed E-state index contributed by atoms with van der Waals surface area (Å²) in [6.07, 6.45) is 4.84. The molecule has 8 aliphatic rings. The van der Waals surface area contributed by atoms with Gasteiger partial charge in [0.25, 0.3) is 0 Å². The van der Waals surface area contributed by atoms with Gasteiger partial charge in [-0.25, -0.2) is 9.78 Å². The van der Waals surface area contributed by atoms with Gasteiger partial charge in [0, 0.05) is 77.6 Å². The highest BCUT2D eigenvalue weighted by molar-refractivity contribution is 5.98. The first-order chi connectivity index (χ1) is 25.4. The number of pyridine rings is 1. The van der Waals surface area contributed by atoms with E-state index >= 15 is 0 Å². The van der Waals surface area contributed by atoms with Gasteiger partial charge in [-0.2, -0.15) is 0 Å². The number of esters is 2. The van der Waals surface area contributed by atoms with Crippen LogP contribution in [0.2, 0.25) is 0 Å². The lowest BCUT2D eigenvalue weighted by Crippen LogP contribution is -2.65. The number of benzene rings is 2. The van der Waals surface area contributed by atoms with Gasteiger partial charge < -0.3 is 28.8 Å². The summed E-state index contributed by atoms with van der Waals surface area (Å²) in [6.45, 7) is 6.79. The Morgan fingerprint density at radius 3 is 2.60 bits per heavy atom. The second-order valence-corrected chi connectivity index (χ2v) is 16.0. The van der Waals surface area contributed by atoms with Crippen molar-refractivity contribution in [3.05, 3.63) is 83.9 Å². The first kappa shape index (κ1) is 32.3. The van der Waals surface area contributed by atoms with Crippen LogP contribution >= 0.6 is 0 Å². The van der Waals surface area contributed by atoms with E-state index in [2.05, 4.69) is 71.2 Å². The van der Waals surface area contributed by atoms with Crippen LogP contribution in [0.1, 0.15) is 49.8 Å². The van der Waals surface area contributed by atoms with Crippen LogP contribution in [0.3, 0.4) is 0 Å². The molecule has 0 aromatic heterocycles. The molecule has 3 saturated heterocycles. The third-order valence-corrected chi connectivity index (χ3v) is 13.9. The molecule has 8 aliphatic heterocycles. The zero-order valence-corrected chi connectivity index (χ0v) is 30.1. The maximum Gasteiger partial charge on any atom is 0.337 e. The Morgan fingerprint density at radius 2 is 1.75 bits per heavy atom. The summed E-state index contributed by atoms with van der Waals surface area (Å²) >= 11 is 0. The molecule has 1 N–H and O–H groups in total. The largest absolute Gasteiger partial charge is 0.497 e. The van der Waals surface area contributed by atoms with Gasteiger partial charge in [-0.05, 0) is 62.9 Å². The monoisotopic (exact) mass is 702 g/mol. The van der Waals surface area contributed by atoms with E-state index in [1.165, 1.54) is 25.5 Å². The highest BCUT2D eigenvalue weighted by atomic mass is 16.5. The molecule has 270 valence electrons. The minimum atomic E-state index is -0.578. The number of carbonyl (C=O) groups is 2. The van der Waals surface area contributed by atoms with Crippen molar-refractivity contribution in [3.8, 4) is 11.3 Å². The number of aromatic nitrogens is 2.